The Bertz CT molecular complexity index is 731. The molecule has 0 aromatic heterocycles. The lowest BCUT2D eigenvalue weighted by molar-refractivity contribution is -0.385. The Morgan fingerprint density at radius 2 is 2.00 bits per heavy atom. The van der Waals surface area contributed by atoms with E-state index in [0.29, 0.717) is 21.4 Å². The van der Waals surface area contributed by atoms with Crippen molar-refractivity contribution in [2.75, 3.05) is 11.1 Å². The molecule has 0 aliphatic carbocycles. The first-order chi connectivity index (χ1) is 9.88. The number of nitro groups is 1. The molecule has 0 aliphatic heterocycles. The molecule has 21 heavy (non-hydrogen) atoms. The summed E-state index contributed by atoms with van der Waals surface area (Å²) >= 11 is 3.10. The fourth-order valence-corrected chi connectivity index (χ4v) is 2.24. The van der Waals surface area contributed by atoms with Gasteiger partial charge in [0.1, 0.15) is 0 Å². The molecular formula is C14H12BrN3O3. The number of amides is 1. The van der Waals surface area contributed by atoms with Crippen molar-refractivity contribution in [1.82, 2.24) is 0 Å². The SMILES string of the molecule is Cc1ccc(C(=O)Nc2ccc([N+](=O)[O-])c(Br)c2)cc1N. The van der Waals surface area contributed by atoms with Crippen LogP contribution in [0.3, 0.4) is 0 Å². The van der Waals surface area contributed by atoms with Crippen molar-refractivity contribution in [3.63, 3.8) is 0 Å². The van der Waals surface area contributed by atoms with Gasteiger partial charge in [0.2, 0.25) is 0 Å². The van der Waals surface area contributed by atoms with Gasteiger partial charge in [0.05, 0.1) is 9.40 Å². The Hall–Kier alpha value is -2.41. The van der Waals surface area contributed by atoms with Crippen LogP contribution in [0.4, 0.5) is 17.1 Å². The summed E-state index contributed by atoms with van der Waals surface area (Å²) in [5.41, 5.74) is 8.01. The third-order valence-corrected chi connectivity index (χ3v) is 3.58. The van der Waals surface area contributed by atoms with E-state index in [9.17, 15) is 14.9 Å². The van der Waals surface area contributed by atoms with Gasteiger partial charge in [-0.2, -0.15) is 0 Å². The number of nitro benzene ring substituents is 1. The molecule has 2 aromatic rings. The third-order valence-electron chi connectivity index (χ3n) is 2.94. The number of carbonyl (C=O) groups excluding carboxylic acids is 1. The number of nitrogen functional groups attached to an aromatic ring is 1. The molecule has 0 heterocycles. The van der Waals surface area contributed by atoms with Crippen molar-refractivity contribution in [2.24, 2.45) is 0 Å². The van der Waals surface area contributed by atoms with Gasteiger partial charge >= 0.3 is 0 Å². The van der Waals surface area contributed by atoms with E-state index in [0.717, 1.165) is 5.56 Å². The van der Waals surface area contributed by atoms with Crippen LogP contribution < -0.4 is 11.1 Å². The van der Waals surface area contributed by atoms with Crippen LogP contribution in [0.2, 0.25) is 0 Å². The number of nitrogens with two attached hydrogens (primary N) is 1. The van der Waals surface area contributed by atoms with E-state index in [4.69, 9.17) is 5.73 Å². The number of hydrogen-bond donors (Lipinski definition) is 2. The van der Waals surface area contributed by atoms with Gasteiger partial charge in [-0.15, -0.1) is 0 Å². The molecule has 0 radical (unpaired) electrons. The second kappa shape index (κ2) is 5.92. The molecule has 0 atom stereocenters. The maximum Gasteiger partial charge on any atom is 0.283 e. The summed E-state index contributed by atoms with van der Waals surface area (Å²) in [4.78, 5) is 22.3. The minimum atomic E-state index is -0.504. The third kappa shape index (κ3) is 3.38. The number of rotatable bonds is 3. The highest BCUT2D eigenvalue weighted by Gasteiger charge is 2.13. The summed E-state index contributed by atoms with van der Waals surface area (Å²) in [6, 6.07) is 9.29. The lowest BCUT2D eigenvalue weighted by Gasteiger charge is -2.07. The van der Waals surface area contributed by atoms with Gasteiger partial charge in [0.25, 0.3) is 11.6 Å². The first-order valence-corrected chi connectivity index (χ1v) is 6.79. The van der Waals surface area contributed by atoms with Crippen molar-refractivity contribution in [2.45, 2.75) is 6.92 Å². The van der Waals surface area contributed by atoms with Crippen molar-refractivity contribution in [3.05, 3.63) is 62.1 Å². The van der Waals surface area contributed by atoms with E-state index >= 15 is 0 Å². The molecule has 0 unspecified atom stereocenters. The lowest BCUT2D eigenvalue weighted by Crippen LogP contribution is -2.12. The number of carbonyl (C=O) groups is 1. The fourth-order valence-electron chi connectivity index (χ4n) is 1.72. The molecule has 6 nitrogen and oxygen atoms in total. The molecule has 1 amide bonds. The second-order valence-electron chi connectivity index (χ2n) is 4.45. The number of aryl methyl sites for hydroxylation is 1. The average Bonchev–Trinajstić information content (AvgIpc) is 2.41. The van der Waals surface area contributed by atoms with Crippen LogP contribution in [-0.2, 0) is 0 Å². The Kier molecular flexibility index (Phi) is 4.23. The Balaban J connectivity index is 2.21. The van der Waals surface area contributed by atoms with Crippen LogP contribution in [0.15, 0.2) is 40.9 Å². The lowest BCUT2D eigenvalue weighted by atomic mass is 10.1. The Morgan fingerprint density at radius 1 is 1.29 bits per heavy atom. The quantitative estimate of drug-likeness (QED) is 0.503. The van der Waals surface area contributed by atoms with Crippen LogP contribution >= 0.6 is 15.9 Å². The van der Waals surface area contributed by atoms with Gasteiger partial charge < -0.3 is 11.1 Å². The maximum atomic E-state index is 12.1. The van der Waals surface area contributed by atoms with Crippen LogP contribution in [-0.4, -0.2) is 10.8 Å². The van der Waals surface area contributed by atoms with E-state index in [2.05, 4.69) is 21.2 Å². The summed E-state index contributed by atoms with van der Waals surface area (Å²) in [6.07, 6.45) is 0. The molecule has 0 saturated heterocycles. The van der Waals surface area contributed by atoms with Crippen LogP contribution in [0.25, 0.3) is 0 Å². The van der Waals surface area contributed by atoms with Gasteiger partial charge in [-0.1, -0.05) is 6.07 Å². The van der Waals surface area contributed by atoms with E-state index in [-0.39, 0.29) is 11.6 Å². The summed E-state index contributed by atoms with van der Waals surface area (Å²) in [6.45, 7) is 1.85. The number of benzene rings is 2. The van der Waals surface area contributed by atoms with Gasteiger partial charge in [-0.25, -0.2) is 0 Å². The van der Waals surface area contributed by atoms with E-state index in [1.54, 1.807) is 18.2 Å². The topological polar surface area (TPSA) is 98.3 Å². The molecule has 2 aromatic carbocycles. The molecule has 0 bridgehead atoms. The molecule has 0 aliphatic rings. The zero-order chi connectivity index (χ0) is 15.6. The van der Waals surface area contributed by atoms with Gasteiger partial charge in [-0.3, -0.25) is 14.9 Å². The minimum absolute atomic E-state index is 0.0624. The van der Waals surface area contributed by atoms with Gasteiger partial charge in [0.15, 0.2) is 0 Å². The Morgan fingerprint density at radius 3 is 2.57 bits per heavy atom. The average molecular weight is 350 g/mol. The molecule has 108 valence electrons. The second-order valence-corrected chi connectivity index (χ2v) is 5.30. The van der Waals surface area contributed by atoms with Crippen LogP contribution in [0.5, 0.6) is 0 Å². The monoisotopic (exact) mass is 349 g/mol. The zero-order valence-corrected chi connectivity index (χ0v) is 12.7. The highest BCUT2D eigenvalue weighted by Crippen LogP contribution is 2.28. The zero-order valence-electron chi connectivity index (χ0n) is 11.1. The Labute approximate surface area is 129 Å². The normalized spacial score (nSPS) is 10.2. The number of nitrogens with one attached hydrogen (secondary N) is 1. The van der Waals surface area contributed by atoms with Gasteiger partial charge in [-0.05, 0) is 52.7 Å². The van der Waals surface area contributed by atoms with E-state index < -0.39 is 4.92 Å². The van der Waals surface area contributed by atoms with Crippen LogP contribution in [0.1, 0.15) is 15.9 Å². The number of hydrogen-bond acceptors (Lipinski definition) is 4. The van der Waals surface area contributed by atoms with Crippen molar-refractivity contribution in [1.29, 1.82) is 0 Å². The summed E-state index contributed by atoms with van der Waals surface area (Å²) in [7, 11) is 0. The maximum absolute atomic E-state index is 12.1. The summed E-state index contributed by atoms with van der Waals surface area (Å²) in [5, 5.41) is 13.4. The highest BCUT2D eigenvalue weighted by molar-refractivity contribution is 9.10. The minimum Gasteiger partial charge on any atom is -0.398 e. The molecule has 7 heteroatoms. The van der Waals surface area contributed by atoms with Crippen molar-refractivity contribution >= 4 is 38.9 Å². The largest absolute Gasteiger partial charge is 0.398 e. The van der Waals surface area contributed by atoms with Crippen molar-refractivity contribution < 1.29 is 9.72 Å². The first kappa shape index (κ1) is 15.0. The number of halogens is 1. The fraction of sp³-hybridized carbons (Fsp3) is 0.0714. The summed E-state index contributed by atoms with van der Waals surface area (Å²) < 4.78 is 0.300. The number of nitrogens with zero attached hydrogens (tertiary/aromatic N) is 1. The van der Waals surface area contributed by atoms with E-state index in [1.165, 1.54) is 18.2 Å². The van der Waals surface area contributed by atoms with Crippen LogP contribution in [0, 0.1) is 17.0 Å². The summed E-state index contributed by atoms with van der Waals surface area (Å²) in [5.74, 6) is -0.331. The van der Waals surface area contributed by atoms with Gasteiger partial charge in [0, 0.05) is 23.0 Å². The predicted molar refractivity (Wildman–Crippen MR) is 84.3 cm³/mol. The standard InChI is InChI=1S/C14H12BrN3O3/c1-8-2-3-9(6-12(8)16)14(19)17-10-4-5-13(18(20)21)11(15)7-10/h2-7H,16H2,1H3,(H,17,19). The van der Waals surface area contributed by atoms with E-state index in [1.807, 2.05) is 6.92 Å². The molecule has 0 fully saturated rings. The highest BCUT2D eigenvalue weighted by atomic mass is 79.9. The number of anilines is 2. The predicted octanol–water partition coefficient (Wildman–Crippen LogP) is 3.50. The van der Waals surface area contributed by atoms with Crippen molar-refractivity contribution in [3.8, 4) is 0 Å². The molecule has 3 N–H and O–H groups in total. The molecule has 0 saturated carbocycles. The molecule has 0 spiro atoms. The first-order valence-electron chi connectivity index (χ1n) is 6.00. The molecular weight excluding hydrogens is 338 g/mol. The smallest absolute Gasteiger partial charge is 0.283 e. The molecule has 2 rings (SSSR count).